The summed E-state index contributed by atoms with van der Waals surface area (Å²) in [5, 5.41) is 3.37. The fraction of sp³-hybridized carbons (Fsp3) is 0.625. The van der Waals surface area contributed by atoms with Gasteiger partial charge in [0.25, 0.3) is 5.91 Å². The van der Waals surface area contributed by atoms with E-state index in [1.165, 1.54) is 18.6 Å². The number of rotatable bonds is 10. The first-order chi connectivity index (χ1) is 10.2. The molecule has 1 aromatic rings. The van der Waals surface area contributed by atoms with Crippen LogP contribution in [-0.2, 0) is 0 Å². The number of carbonyl (C=O) groups is 1. The highest BCUT2D eigenvalue weighted by Gasteiger charge is 2.13. The van der Waals surface area contributed by atoms with E-state index in [0.29, 0.717) is 18.8 Å². The van der Waals surface area contributed by atoms with Crippen LogP contribution in [0.5, 0.6) is 0 Å². The zero-order valence-electron chi connectivity index (χ0n) is 13.4. The van der Waals surface area contributed by atoms with E-state index in [2.05, 4.69) is 16.6 Å². The van der Waals surface area contributed by atoms with Crippen LogP contribution in [-0.4, -0.2) is 47.4 Å². The molecule has 0 bridgehead atoms. The number of aromatic nitrogens is 1. The zero-order chi connectivity index (χ0) is 15.5. The summed E-state index contributed by atoms with van der Waals surface area (Å²) in [6.45, 7) is 6.34. The number of thioether (sulfide) groups is 1. The molecule has 1 amide bonds. The Morgan fingerprint density at radius 2 is 2.05 bits per heavy atom. The van der Waals surface area contributed by atoms with Crippen molar-refractivity contribution >= 4 is 23.4 Å². The number of nitrogens with zero attached hydrogens (tertiary/aromatic N) is 2. The molecular formula is C16H27N3OS. The molecule has 4 nitrogen and oxygen atoms in total. The molecule has 1 aromatic heterocycles. The summed E-state index contributed by atoms with van der Waals surface area (Å²) in [7, 11) is 0. The molecule has 0 aliphatic heterocycles. The van der Waals surface area contributed by atoms with Gasteiger partial charge in [0.1, 0.15) is 5.69 Å². The van der Waals surface area contributed by atoms with Crippen LogP contribution in [0.3, 0.4) is 0 Å². The van der Waals surface area contributed by atoms with Crippen molar-refractivity contribution in [3.8, 4) is 0 Å². The van der Waals surface area contributed by atoms with Crippen molar-refractivity contribution in [3.05, 3.63) is 24.0 Å². The number of nitrogens with one attached hydrogen (secondary N) is 1. The normalized spacial score (nSPS) is 10.4. The van der Waals surface area contributed by atoms with Crippen molar-refractivity contribution in [2.45, 2.75) is 33.1 Å². The summed E-state index contributed by atoms with van der Waals surface area (Å²) in [6.07, 6.45) is 7.51. The molecule has 0 saturated carbocycles. The number of anilines is 1. The molecule has 0 atom stereocenters. The van der Waals surface area contributed by atoms with Crippen LogP contribution < -0.4 is 5.32 Å². The molecule has 118 valence electrons. The number of amides is 1. The van der Waals surface area contributed by atoms with Gasteiger partial charge in [0.15, 0.2) is 0 Å². The third kappa shape index (κ3) is 6.38. The predicted octanol–water partition coefficient (Wildman–Crippen LogP) is 3.51. The van der Waals surface area contributed by atoms with Gasteiger partial charge in [0.05, 0.1) is 0 Å². The van der Waals surface area contributed by atoms with E-state index in [-0.39, 0.29) is 5.91 Å². The molecule has 1 heterocycles. The lowest BCUT2D eigenvalue weighted by molar-refractivity contribution is 0.0767. The molecule has 0 saturated heterocycles. The van der Waals surface area contributed by atoms with E-state index >= 15 is 0 Å². The molecule has 0 aliphatic rings. The molecule has 0 aromatic carbocycles. The Hall–Kier alpha value is -1.23. The molecule has 0 radical (unpaired) electrons. The van der Waals surface area contributed by atoms with Crippen molar-refractivity contribution in [2.75, 3.05) is 37.0 Å². The van der Waals surface area contributed by atoms with E-state index < -0.39 is 0 Å². The Bertz CT molecular complexity index is 422. The van der Waals surface area contributed by atoms with Crippen LogP contribution in [0.4, 0.5) is 5.69 Å². The minimum atomic E-state index is 0.00335. The van der Waals surface area contributed by atoms with Gasteiger partial charge < -0.3 is 10.2 Å². The summed E-state index contributed by atoms with van der Waals surface area (Å²) in [4.78, 5) is 18.2. The second-order valence-corrected chi connectivity index (χ2v) is 5.87. The van der Waals surface area contributed by atoms with Gasteiger partial charge in [-0.1, -0.05) is 6.42 Å². The average molecular weight is 309 g/mol. The maximum Gasteiger partial charge on any atom is 0.272 e. The Balaban J connectivity index is 2.47. The summed E-state index contributed by atoms with van der Waals surface area (Å²) in [5.41, 5.74) is 1.50. The standard InChI is InChI=1S/C16H27N3OS/c1-4-19(5-2)16(20)15-13-14(9-11-18-15)17-10-7-6-8-12-21-3/h9,11,13H,4-8,10,12H2,1-3H3,(H,17,18). The number of pyridine rings is 1. The van der Waals surface area contributed by atoms with Crippen LogP contribution in [0.25, 0.3) is 0 Å². The lowest BCUT2D eigenvalue weighted by Crippen LogP contribution is -2.31. The number of hydrogen-bond acceptors (Lipinski definition) is 4. The molecule has 5 heteroatoms. The Morgan fingerprint density at radius 1 is 1.29 bits per heavy atom. The van der Waals surface area contributed by atoms with Gasteiger partial charge in [-0.3, -0.25) is 9.78 Å². The van der Waals surface area contributed by atoms with Gasteiger partial charge in [-0.05, 0) is 50.8 Å². The van der Waals surface area contributed by atoms with Crippen molar-refractivity contribution in [2.24, 2.45) is 0 Å². The van der Waals surface area contributed by atoms with E-state index in [1.54, 1.807) is 11.1 Å². The van der Waals surface area contributed by atoms with Crippen LogP contribution in [0.1, 0.15) is 43.6 Å². The van der Waals surface area contributed by atoms with Crippen molar-refractivity contribution in [1.29, 1.82) is 0 Å². The molecule has 1 rings (SSSR count). The highest BCUT2D eigenvalue weighted by molar-refractivity contribution is 7.98. The van der Waals surface area contributed by atoms with E-state index in [9.17, 15) is 4.79 Å². The third-order valence-electron chi connectivity index (χ3n) is 3.38. The topological polar surface area (TPSA) is 45.2 Å². The first-order valence-electron chi connectivity index (χ1n) is 7.71. The van der Waals surface area contributed by atoms with Gasteiger partial charge in [-0.2, -0.15) is 11.8 Å². The van der Waals surface area contributed by atoms with Gasteiger partial charge >= 0.3 is 0 Å². The van der Waals surface area contributed by atoms with Crippen LogP contribution >= 0.6 is 11.8 Å². The summed E-state index contributed by atoms with van der Waals surface area (Å²) in [6, 6.07) is 3.77. The van der Waals surface area contributed by atoms with E-state index in [0.717, 1.165) is 18.7 Å². The number of hydrogen-bond donors (Lipinski definition) is 1. The predicted molar refractivity (Wildman–Crippen MR) is 92.2 cm³/mol. The fourth-order valence-corrected chi connectivity index (χ4v) is 2.60. The Morgan fingerprint density at radius 3 is 2.71 bits per heavy atom. The summed E-state index contributed by atoms with van der Waals surface area (Å²) in [5.74, 6) is 1.24. The van der Waals surface area contributed by atoms with Gasteiger partial charge in [-0.15, -0.1) is 0 Å². The Labute approximate surface area is 132 Å². The van der Waals surface area contributed by atoms with E-state index in [1.807, 2.05) is 37.7 Å². The number of unbranched alkanes of at least 4 members (excludes halogenated alkanes) is 2. The van der Waals surface area contributed by atoms with Crippen molar-refractivity contribution in [3.63, 3.8) is 0 Å². The molecular weight excluding hydrogens is 282 g/mol. The zero-order valence-corrected chi connectivity index (χ0v) is 14.2. The minimum Gasteiger partial charge on any atom is -0.385 e. The molecule has 0 unspecified atom stereocenters. The average Bonchev–Trinajstić information content (AvgIpc) is 2.52. The van der Waals surface area contributed by atoms with Crippen molar-refractivity contribution < 1.29 is 4.79 Å². The molecule has 1 N–H and O–H groups in total. The van der Waals surface area contributed by atoms with Gasteiger partial charge in [0.2, 0.25) is 0 Å². The molecule has 0 fully saturated rings. The molecule has 0 aliphatic carbocycles. The summed E-state index contributed by atoms with van der Waals surface area (Å²) < 4.78 is 0. The van der Waals surface area contributed by atoms with Crippen LogP contribution in [0.2, 0.25) is 0 Å². The molecule has 0 spiro atoms. The highest BCUT2D eigenvalue weighted by Crippen LogP contribution is 2.11. The second kappa shape index (κ2) is 10.5. The second-order valence-electron chi connectivity index (χ2n) is 4.89. The minimum absolute atomic E-state index is 0.00335. The van der Waals surface area contributed by atoms with Crippen LogP contribution in [0.15, 0.2) is 18.3 Å². The highest BCUT2D eigenvalue weighted by atomic mass is 32.2. The van der Waals surface area contributed by atoms with Crippen molar-refractivity contribution in [1.82, 2.24) is 9.88 Å². The summed E-state index contributed by atoms with van der Waals surface area (Å²) >= 11 is 1.90. The largest absolute Gasteiger partial charge is 0.385 e. The lowest BCUT2D eigenvalue weighted by Gasteiger charge is -2.18. The lowest BCUT2D eigenvalue weighted by atomic mass is 10.2. The molecule has 21 heavy (non-hydrogen) atoms. The monoisotopic (exact) mass is 309 g/mol. The SMILES string of the molecule is CCN(CC)C(=O)c1cc(NCCCCCSC)ccn1. The first-order valence-corrected chi connectivity index (χ1v) is 9.10. The fourth-order valence-electron chi connectivity index (χ4n) is 2.11. The maximum atomic E-state index is 12.2. The quantitative estimate of drug-likeness (QED) is 0.672. The van der Waals surface area contributed by atoms with E-state index in [4.69, 9.17) is 0 Å². The van der Waals surface area contributed by atoms with Gasteiger partial charge in [0, 0.05) is 31.5 Å². The van der Waals surface area contributed by atoms with Gasteiger partial charge in [-0.25, -0.2) is 0 Å². The number of carbonyl (C=O) groups excluding carboxylic acids is 1. The maximum absolute atomic E-state index is 12.2. The van der Waals surface area contributed by atoms with Crippen LogP contribution in [0, 0.1) is 0 Å². The first kappa shape index (κ1) is 17.8. The Kier molecular flexibility index (Phi) is 8.90. The smallest absolute Gasteiger partial charge is 0.272 e. The third-order valence-corrected chi connectivity index (χ3v) is 4.08.